The standard InChI is InChI=1S/C27H22ClF3N2O6S2/c1-37-22-9-16(10-23(13-22)39-27(29,30)31)15-6-18(28)12-19(7-15)32-26(34)25-11-17-8-20(2-3-24(17)40-25)33(41(35)36)21-4-5-38-14-21/h2-3,6-13,21H,4-5,14H2,1H3,(H,32,34)(H,35,36)/p-1. The van der Waals surface area contributed by atoms with Gasteiger partial charge in [-0.1, -0.05) is 11.6 Å². The number of anilines is 2. The second kappa shape index (κ2) is 11.9. The van der Waals surface area contributed by atoms with Gasteiger partial charge in [0.1, 0.15) is 11.5 Å². The van der Waals surface area contributed by atoms with Gasteiger partial charge in [-0.05, 0) is 77.5 Å². The summed E-state index contributed by atoms with van der Waals surface area (Å²) in [5.41, 5.74) is 1.52. The highest BCUT2D eigenvalue weighted by Gasteiger charge is 2.31. The summed E-state index contributed by atoms with van der Waals surface area (Å²) in [6.45, 7) is 0.784. The number of ether oxygens (including phenoxy) is 3. The number of thiophene rings is 1. The lowest BCUT2D eigenvalue weighted by Gasteiger charge is -2.31. The van der Waals surface area contributed by atoms with Crippen LogP contribution < -0.4 is 19.1 Å². The first-order valence-electron chi connectivity index (χ1n) is 12.1. The van der Waals surface area contributed by atoms with E-state index >= 15 is 0 Å². The van der Waals surface area contributed by atoms with Crippen molar-refractivity contribution in [2.24, 2.45) is 0 Å². The van der Waals surface area contributed by atoms with Crippen molar-refractivity contribution in [2.45, 2.75) is 18.8 Å². The molecule has 4 aromatic rings. The van der Waals surface area contributed by atoms with Crippen molar-refractivity contribution in [1.29, 1.82) is 0 Å². The summed E-state index contributed by atoms with van der Waals surface area (Å²) in [5.74, 6) is -0.778. The number of carbonyl (C=O) groups is 1. The Morgan fingerprint density at radius 3 is 2.56 bits per heavy atom. The van der Waals surface area contributed by atoms with Crippen molar-refractivity contribution in [3.8, 4) is 22.6 Å². The fourth-order valence-corrected chi connectivity index (χ4v) is 6.34. The number of nitrogens with zero attached hydrogens (tertiary/aromatic N) is 1. The zero-order valence-corrected chi connectivity index (χ0v) is 23.6. The van der Waals surface area contributed by atoms with E-state index in [-0.39, 0.29) is 16.8 Å². The molecule has 2 atom stereocenters. The van der Waals surface area contributed by atoms with Crippen molar-refractivity contribution in [2.75, 3.05) is 29.9 Å². The zero-order chi connectivity index (χ0) is 29.3. The van der Waals surface area contributed by atoms with Crippen LogP contribution in [0.5, 0.6) is 11.5 Å². The van der Waals surface area contributed by atoms with Crippen LogP contribution >= 0.6 is 22.9 Å². The molecule has 0 radical (unpaired) electrons. The number of rotatable bonds is 8. The third-order valence-corrected chi connectivity index (χ3v) is 8.38. The molecule has 0 spiro atoms. The van der Waals surface area contributed by atoms with E-state index in [1.807, 2.05) is 0 Å². The van der Waals surface area contributed by atoms with Crippen LogP contribution in [0.3, 0.4) is 0 Å². The van der Waals surface area contributed by atoms with Crippen LogP contribution in [0.25, 0.3) is 21.2 Å². The van der Waals surface area contributed by atoms with Crippen LogP contribution in [0, 0.1) is 0 Å². The van der Waals surface area contributed by atoms with E-state index in [4.69, 9.17) is 21.1 Å². The van der Waals surface area contributed by atoms with E-state index in [2.05, 4.69) is 10.1 Å². The number of carbonyl (C=O) groups excluding carboxylic acids is 1. The van der Waals surface area contributed by atoms with Crippen LogP contribution in [0.2, 0.25) is 5.02 Å². The minimum atomic E-state index is -4.89. The first-order chi connectivity index (χ1) is 19.5. The molecule has 8 nitrogen and oxygen atoms in total. The van der Waals surface area contributed by atoms with Gasteiger partial charge in [0, 0.05) is 45.0 Å². The van der Waals surface area contributed by atoms with Gasteiger partial charge in [0.25, 0.3) is 5.91 Å². The molecule has 14 heteroatoms. The summed E-state index contributed by atoms with van der Waals surface area (Å²) in [6.07, 6.45) is -4.31. The minimum absolute atomic E-state index is 0.136. The average Bonchev–Trinajstić information content (AvgIpc) is 3.57. The number of hydrogen-bond acceptors (Lipinski definition) is 7. The number of hydrogen-bond donors (Lipinski definition) is 1. The summed E-state index contributed by atoms with van der Waals surface area (Å²) in [7, 11) is 1.31. The Kier molecular flexibility index (Phi) is 8.43. The number of benzene rings is 3. The molecule has 2 heterocycles. The van der Waals surface area contributed by atoms with E-state index < -0.39 is 29.3 Å². The molecule has 1 fully saturated rings. The van der Waals surface area contributed by atoms with Gasteiger partial charge in [0.2, 0.25) is 0 Å². The molecule has 2 unspecified atom stereocenters. The Hall–Kier alpha value is -3.36. The topological polar surface area (TPSA) is 100 Å². The van der Waals surface area contributed by atoms with Crippen molar-refractivity contribution in [3.05, 3.63) is 70.6 Å². The van der Waals surface area contributed by atoms with Gasteiger partial charge in [0.15, 0.2) is 0 Å². The third kappa shape index (κ3) is 6.93. The molecule has 0 aliphatic carbocycles. The van der Waals surface area contributed by atoms with Crippen molar-refractivity contribution >= 4 is 61.6 Å². The Morgan fingerprint density at radius 2 is 1.88 bits per heavy atom. The predicted molar refractivity (Wildman–Crippen MR) is 151 cm³/mol. The number of amides is 1. The lowest BCUT2D eigenvalue weighted by molar-refractivity contribution is -0.274. The van der Waals surface area contributed by atoms with Crippen LogP contribution in [0.1, 0.15) is 16.1 Å². The van der Waals surface area contributed by atoms with Crippen molar-refractivity contribution in [1.82, 2.24) is 0 Å². The maximum absolute atomic E-state index is 13.2. The van der Waals surface area contributed by atoms with Gasteiger partial charge < -0.3 is 24.1 Å². The molecule has 1 aliphatic heterocycles. The lowest BCUT2D eigenvalue weighted by atomic mass is 10.0. The number of nitrogens with one attached hydrogen (secondary N) is 1. The number of fused-ring (bicyclic) bond motifs is 1. The first-order valence-corrected chi connectivity index (χ1v) is 14.3. The van der Waals surface area contributed by atoms with Crippen molar-refractivity contribution < 1.29 is 40.9 Å². The molecule has 0 bridgehead atoms. The molecule has 1 amide bonds. The Bertz CT molecular complexity index is 1620. The fraction of sp³-hybridized carbons (Fsp3) is 0.222. The quantitative estimate of drug-likeness (QED) is 0.217. The second-order valence-electron chi connectivity index (χ2n) is 9.02. The number of halogens is 4. The van der Waals surface area contributed by atoms with E-state index in [0.717, 1.165) is 10.8 Å². The molecular weight excluding hydrogens is 605 g/mol. The summed E-state index contributed by atoms with van der Waals surface area (Å²) in [5, 5.41) is 3.70. The summed E-state index contributed by atoms with van der Waals surface area (Å²) >= 11 is 5.00. The average molecular weight is 626 g/mol. The molecule has 1 N–H and O–H groups in total. The zero-order valence-electron chi connectivity index (χ0n) is 21.2. The summed E-state index contributed by atoms with van der Waals surface area (Å²) in [6, 6.07) is 14.9. The summed E-state index contributed by atoms with van der Waals surface area (Å²) < 4.78 is 78.9. The van der Waals surface area contributed by atoms with E-state index in [1.165, 1.54) is 47.0 Å². The van der Waals surface area contributed by atoms with Gasteiger partial charge in [-0.3, -0.25) is 13.3 Å². The molecule has 41 heavy (non-hydrogen) atoms. The largest absolute Gasteiger partial charge is 0.755 e. The van der Waals surface area contributed by atoms with E-state index in [1.54, 1.807) is 30.3 Å². The molecule has 3 aromatic carbocycles. The highest BCUT2D eigenvalue weighted by Crippen LogP contribution is 2.36. The third-order valence-electron chi connectivity index (χ3n) is 6.21. The molecule has 0 saturated carbocycles. The van der Waals surface area contributed by atoms with Crippen LogP contribution in [0.15, 0.2) is 60.7 Å². The van der Waals surface area contributed by atoms with E-state index in [0.29, 0.717) is 52.4 Å². The SMILES string of the molecule is COc1cc(OC(F)(F)F)cc(-c2cc(Cl)cc(NC(=O)c3cc4cc(N(C5CCOC5)S(=O)[O-])ccc4s3)c2)c1. The number of methoxy groups -OCH3 is 1. The molecule has 1 aliphatic rings. The first kappa shape index (κ1) is 29.1. The summed E-state index contributed by atoms with van der Waals surface area (Å²) in [4.78, 5) is 13.5. The predicted octanol–water partition coefficient (Wildman–Crippen LogP) is 6.77. The Morgan fingerprint density at radius 1 is 1.12 bits per heavy atom. The van der Waals surface area contributed by atoms with Gasteiger partial charge in [-0.15, -0.1) is 24.5 Å². The van der Waals surface area contributed by atoms with Gasteiger partial charge >= 0.3 is 6.36 Å². The minimum Gasteiger partial charge on any atom is -0.755 e. The fourth-order valence-electron chi connectivity index (χ4n) is 4.48. The van der Waals surface area contributed by atoms with Crippen molar-refractivity contribution in [3.63, 3.8) is 0 Å². The maximum atomic E-state index is 13.2. The molecule has 1 saturated heterocycles. The lowest BCUT2D eigenvalue weighted by Crippen LogP contribution is -2.37. The van der Waals surface area contributed by atoms with Crippen LogP contribution in [0.4, 0.5) is 24.5 Å². The van der Waals surface area contributed by atoms with Gasteiger partial charge in [0.05, 0.1) is 24.6 Å². The maximum Gasteiger partial charge on any atom is 0.573 e. The Balaban J connectivity index is 1.40. The molecule has 1 aromatic heterocycles. The second-order valence-corrected chi connectivity index (χ2v) is 11.4. The Labute approximate surface area is 244 Å². The highest BCUT2D eigenvalue weighted by atomic mass is 35.5. The van der Waals surface area contributed by atoms with E-state index in [9.17, 15) is 26.7 Å². The van der Waals surface area contributed by atoms with Crippen LogP contribution in [-0.2, 0) is 16.0 Å². The smallest absolute Gasteiger partial charge is 0.573 e. The van der Waals surface area contributed by atoms with Crippen LogP contribution in [-0.4, -0.2) is 47.4 Å². The molecule has 216 valence electrons. The molecule has 5 rings (SSSR count). The highest BCUT2D eigenvalue weighted by molar-refractivity contribution is 7.80. The normalized spacial score (nSPS) is 16.0. The molecular formula is C27H21ClF3N2O6S2-. The monoisotopic (exact) mass is 625 g/mol. The number of alkyl halides is 3. The van der Waals surface area contributed by atoms with Gasteiger partial charge in [-0.25, -0.2) is 0 Å². The van der Waals surface area contributed by atoms with Gasteiger partial charge in [-0.2, -0.15) is 0 Å².